The summed E-state index contributed by atoms with van der Waals surface area (Å²) in [4.78, 5) is 21.3. The van der Waals surface area contributed by atoms with Gasteiger partial charge in [0.15, 0.2) is 23.2 Å². The van der Waals surface area contributed by atoms with E-state index < -0.39 is 5.97 Å². The fraction of sp³-hybridized carbons (Fsp3) is 0.0400. The highest BCUT2D eigenvalue weighted by atomic mass is 16.5. The number of aromatic nitrogens is 5. The predicted octanol–water partition coefficient (Wildman–Crippen LogP) is 3.35. The van der Waals surface area contributed by atoms with Crippen LogP contribution < -0.4 is 21.5 Å². The van der Waals surface area contributed by atoms with E-state index in [-0.39, 0.29) is 23.1 Å². The number of carbonyl (C=O) groups is 1. The quantitative estimate of drug-likeness (QED) is 0.149. The summed E-state index contributed by atoms with van der Waals surface area (Å²) >= 11 is 0. The summed E-state index contributed by atoms with van der Waals surface area (Å²) in [5, 5.41) is 15.5. The van der Waals surface area contributed by atoms with E-state index in [4.69, 9.17) is 16.2 Å². The lowest BCUT2D eigenvalue weighted by molar-refractivity contribution is 0.0736. The molecule has 2 aromatic carbocycles. The molecule has 0 unspecified atom stereocenters. The molecular weight excluding hydrogens is 458 g/mol. The number of nitrogens with zero attached hydrogens (tertiary/aromatic N) is 6. The minimum atomic E-state index is -0.692. The molecule has 0 saturated heterocycles. The Balaban J connectivity index is 1.33. The second kappa shape index (κ2) is 9.50. The van der Waals surface area contributed by atoms with E-state index in [1.54, 1.807) is 42.5 Å². The molecule has 0 fully saturated rings. The minimum absolute atomic E-state index is 0.0369. The van der Waals surface area contributed by atoms with Gasteiger partial charge in [0.1, 0.15) is 11.4 Å². The van der Waals surface area contributed by atoms with Gasteiger partial charge in [0.25, 0.3) is 0 Å². The molecule has 5 rings (SSSR count). The third-order valence-corrected chi connectivity index (χ3v) is 5.17. The van der Waals surface area contributed by atoms with Crippen LogP contribution in [0.3, 0.4) is 0 Å². The number of fused-ring (bicyclic) bond motifs is 1. The molecule has 3 heterocycles. The number of nitrogens with two attached hydrogens (primary N) is 2. The first kappa shape index (κ1) is 22.5. The van der Waals surface area contributed by atoms with E-state index in [0.717, 1.165) is 17.0 Å². The van der Waals surface area contributed by atoms with Crippen LogP contribution in [0.1, 0.15) is 16.1 Å². The standard InChI is InChI=1S/C25H21N9O2/c1-15-13-22-28-14-17(23(26)34(22)33-15)24(35)36-20-10-6-5-9-19(20)29-25(27)30-21-12-11-18(31-32-21)16-7-3-2-4-8-16/h2-14H,26H2,1H3,(H3,27,29,30,32). The smallest absolute Gasteiger partial charge is 0.348 e. The summed E-state index contributed by atoms with van der Waals surface area (Å²) in [6.45, 7) is 1.81. The van der Waals surface area contributed by atoms with Gasteiger partial charge in [-0.05, 0) is 31.2 Å². The van der Waals surface area contributed by atoms with Crippen LogP contribution in [0.4, 0.5) is 17.3 Å². The average molecular weight is 480 g/mol. The van der Waals surface area contributed by atoms with Crippen LogP contribution in [-0.4, -0.2) is 36.7 Å². The maximum absolute atomic E-state index is 12.9. The number of nitrogen functional groups attached to an aromatic ring is 1. The number of benzene rings is 2. The highest BCUT2D eigenvalue weighted by Crippen LogP contribution is 2.26. The second-order valence-corrected chi connectivity index (χ2v) is 7.76. The van der Waals surface area contributed by atoms with E-state index in [0.29, 0.717) is 17.2 Å². The third kappa shape index (κ3) is 4.66. The maximum Gasteiger partial charge on any atom is 0.348 e. The normalized spacial score (nSPS) is 11.4. The Labute approximate surface area is 205 Å². The van der Waals surface area contributed by atoms with E-state index in [1.165, 1.54) is 10.7 Å². The summed E-state index contributed by atoms with van der Waals surface area (Å²) in [5.74, 6) is 0.0114. The van der Waals surface area contributed by atoms with Gasteiger partial charge < -0.3 is 21.5 Å². The van der Waals surface area contributed by atoms with E-state index in [9.17, 15) is 4.79 Å². The van der Waals surface area contributed by atoms with Gasteiger partial charge in [-0.15, -0.1) is 10.2 Å². The van der Waals surface area contributed by atoms with Gasteiger partial charge in [-0.2, -0.15) is 14.6 Å². The van der Waals surface area contributed by atoms with Crippen LogP contribution in [-0.2, 0) is 0 Å². The summed E-state index contributed by atoms with van der Waals surface area (Å²) in [7, 11) is 0. The third-order valence-electron chi connectivity index (χ3n) is 5.17. The van der Waals surface area contributed by atoms with Crippen molar-refractivity contribution in [3.8, 4) is 17.0 Å². The number of hydrogen-bond donors (Lipinski definition) is 3. The number of rotatable bonds is 5. The molecule has 0 aliphatic heterocycles. The molecule has 178 valence electrons. The van der Waals surface area contributed by atoms with Crippen molar-refractivity contribution in [1.82, 2.24) is 24.8 Å². The van der Waals surface area contributed by atoms with Crippen LogP contribution in [0.15, 0.2) is 84.0 Å². The molecule has 11 nitrogen and oxygen atoms in total. The minimum Gasteiger partial charge on any atom is -0.421 e. The molecule has 36 heavy (non-hydrogen) atoms. The Bertz CT molecular complexity index is 1580. The van der Waals surface area contributed by atoms with Crippen molar-refractivity contribution in [2.24, 2.45) is 10.7 Å². The number of nitrogens with one attached hydrogen (secondary N) is 1. The molecule has 5 N–H and O–H groups in total. The van der Waals surface area contributed by atoms with Crippen LogP contribution in [0.2, 0.25) is 0 Å². The lowest BCUT2D eigenvalue weighted by atomic mass is 10.1. The number of carbonyl (C=O) groups excluding carboxylic acids is 1. The molecule has 3 aromatic heterocycles. The molecule has 5 aromatic rings. The van der Waals surface area contributed by atoms with Crippen molar-refractivity contribution in [2.75, 3.05) is 11.1 Å². The van der Waals surface area contributed by atoms with Crippen molar-refractivity contribution < 1.29 is 9.53 Å². The Morgan fingerprint density at radius 1 is 1.03 bits per heavy atom. The van der Waals surface area contributed by atoms with Gasteiger partial charge in [0, 0.05) is 17.8 Å². The molecular formula is C25H21N9O2. The number of guanidine groups is 1. The summed E-state index contributed by atoms with van der Waals surface area (Å²) in [6.07, 6.45) is 1.36. The number of aryl methyl sites for hydroxylation is 1. The predicted molar refractivity (Wildman–Crippen MR) is 136 cm³/mol. The highest BCUT2D eigenvalue weighted by molar-refractivity contribution is 5.98. The first-order valence-corrected chi connectivity index (χ1v) is 10.9. The van der Waals surface area contributed by atoms with Gasteiger partial charge in [-0.3, -0.25) is 0 Å². The Hall–Kier alpha value is -5.32. The second-order valence-electron chi connectivity index (χ2n) is 7.76. The summed E-state index contributed by atoms with van der Waals surface area (Å²) < 4.78 is 6.98. The SMILES string of the molecule is Cc1cc2ncc(C(=O)Oc3ccccc3NC(N)=Nc3ccc(-c4ccccc4)nn3)c(N)n2n1. The van der Waals surface area contributed by atoms with E-state index >= 15 is 0 Å². The monoisotopic (exact) mass is 479 g/mol. The zero-order valence-corrected chi connectivity index (χ0v) is 19.2. The molecule has 0 saturated carbocycles. The zero-order valence-electron chi connectivity index (χ0n) is 19.2. The van der Waals surface area contributed by atoms with Crippen LogP contribution in [0, 0.1) is 6.92 Å². The largest absolute Gasteiger partial charge is 0.421 e. The molecule has 0 bridgehead atoms. The van der Waals surface area contributed by atoms with Crippen LogP contribution in [0.25, 0.3) is 16.9 Å². The number of para-hydroxylation sites is 2. The van der Waals surface area contributed by atoms with Crippen molar-refractivity contribution in [3.63, 3.8) is 0 Å². The molecule has 0 spiro atoms. The van der Waals surface area contributed by atoms with Crippen molar-refractivity contribution in [2.45, 2.75) is 6.92 Å². The highest BCUT2D eigenvalue weighted by Gasteiger charge is 2.18. The fourth-order valence-electron chi connectivity index (χ4n) is 3.47. The van der Waals surface area contributed by atoms with Gasteiger partial charge >= 0.3 is 5.97 Å². The molecule has 0 radical (unpaired) electrons. The molecule has 0 atom stereocenters. The van der Waals surface area contributed by atoms with Gasteiger partial charge in [0.05, 0.1) is 17.1 Å². The number of esters is 1. The molecule has 0 amide bonds. The van der Waals surface area contributed by atoms with Crippen molar-refractivity contribution in [3.05, 3.63) is 90.3 Å². The number of ether oxygens (including phenoxy) is 1. The van der Waals surface area contributed by atoms with Crippen molar-refractivity contribution >= 4 is 34.9 Å². The molecule has 0 aliphatic rings. The summed E-state index contributed by atoms with van der Waals surface area (Å²) in [5.41, 5.74) is 15.6. The number of aliphatic imine (C=N–C) groups is 1. The zero-order chi connectivity index (χ0) is 25.1. The summed E-state index contributed by atoms with van der Waals surface area (Å²) in [6, 6.07) is 21.7. The van der Waals surface area contributed by atoms with Gasteiger partial charge in [-0.1, -0.05) is 42.5 Å². The first-order chi connectivity index (χ1) is 17.5. The van der Waals surface area contributed by atoms with E-state index in [2.05, 4.69) is 30.6 Å². The number of hydrogen-bond acceptors (Lipinski definition) is 8. The first-order valence-electron chi connectivity index (χ1n) is 10.9. The fourth-order valence-corrected chi connectivity index (χ4v) is 3.47. The van der Waals surface area contributed by atoms with Crippen LogP contribution in [0.5, 0.6) is 5.75 Å². The van der Waals surface area contributed by atoms with E-state index in [1.807, 2.05) is 37.3 Å². The van der Waals surface area contributed by atoms with Gasteiger partial charge in [0.2, 0.25) is 0 Å². The van der Waals surface area contributed by atoms with Crippen LogP contribution >= 0.6 is 0 Å². The average Bonchev–Trinajstić information content (AvgIpc) is 3.27. The Morgan fingerprint density at radius 2 is 1.81 bits per heavy atom. The number of anilines is 2. The lowest BCUT2D eigenvalue weighted by Crippen LogP contribution is -2.23. The van der Waals surface area contributed by atoms with Crippen molar-refractivity contribution in [1.29, 1.82) is 0 Å². The maximum atomic E-state index is 12.9. The van der Waals surface area contributed by atoms with Gasteiger partial charge in [-0.25, -0.2) is 9.78 Å². The Morgan fingerprint density at radius 3 is 2.58 bits per heavy atom. The topological polar surface area (TPSA) is 159 Å². The molecule has 11 heteroatoms. The Kier molecular flexibility index (Phi) is 5.93. The molecule has 0 aliphatic carbocycles. The lowest BCUT2D eigenvalue weighted by Gasteiger charge is -2.12.